The summed E-state index contributed by atoms with van der Waals surface area (Å²) in [4.78, 5) is 2.78. The van der Waals surface area contributed by atoms with E-state index in [2.05, 4.69) is 219 Å². The molecule has 2 aromatic heterocycles. The van der Waals surface area contributed by atoms with Crippen molar-refractivity contribution in [3.8, 4) is 39.1 Å². The summed E-state index contributed by atoms with van der Waals surface area (Å²) in [5, 5.41) is 5.52. The van der Waals surface area contributed by atoms with Crippen LogP contribution >= 0.6 is 11.3 Å². The lowest BCUT2D eigenvalue weighted by Crippen LogP contribution is -2.61. The Labute approximate surface area is 417 Å². The minimum atomic E-state index is -0.246. The second-order valence-electron chi connectivity index (χ2n) is 25.1. The van der Waals surface area contributed by atoms with Crippen LogP contribution in [0.4, 0.5) is 11.4 Å². The number of hydrogen-bond acceptors (Lipinski definition) is 2. The largest absolute Gasteiger partial charge is 0.376 e. The molecule has 0 amide bonds. The van der Waals surface area contributed by atoms with Crippen LogP contribution < -0.4 is 15.7 Å². The first-order valence-electron chi connectivity index (χ1n) is 25.8. The Morgan fingerprint density at radius 3 is 1.90 bits per heavy atom. The Morgan fingerprint density at radius 1 is 0.514 bits per heavy atom. The van der Waals surface area contributed by atoms with Crippen molar-refractivity contribution in [2.45, 2.75) is 116 Å². The van der Waals surface area contributed by atoms with Gasteiger partial charge in [-0.1, -0.05) is 161 Å². The van der Waals surface area contributed by atoms with Crippen LogP contribution in [0.1, 0.15) is 128 Å². The summed E-state index contributed by atoms with van der Waals surface area (Å²) in [6.45, 7) is 26.8. The van der Waals surface area contributed by atoms with Crippen molar-refractivity contribution in [1.82, 2.24) is 4.57 Å². The molecule has 70 heavy (non-hydrogen) atoms. The summed E-state index contributed by atoms with van der Waals surface area (Å²) in [5.41, 5.74) is 27.6. The van der Waals surface area contributed by atoms with E-state index in [1.807, 2.05) is 11.3 Å². The van der Waals surface area contributed by atoms with Crippen LogP contribution in [-0.2, 0) is 27.1 Å². The van der Waals surface area contributed by atoms with E-state index in [9.17, 15) is 0 Å². The molecule has 8 aromatic carbocycles. The molecule has 0 N–H and O–H groups in total. The van der Waals surface area contributed by atoms with Gasteiger partial charge < -0.3 is 9.38 Å². The molecular formula is C66H59BN2S. The third-order valence-corrected chi connectivity index (χ3v) is 19.7. The van der Waals surface area contributed by atoms with Crippen molar-refractivity contribution in [2.75, 3.05) is 4.81 Å². The first-order chi connectivity index (χ1) is 33.4. The zero-order valence-corrected chi connectivity index (χ0v) is 43.3. The molecular weight excluding hydrogens is 864 g/mol. The maximum Gasteiger partial charge on any atom is 0.333 e. The maximum atomic E-state index is 2.80. The number of benzene rings is 8. The molecule has 0 saturated heterocycles. The SMILES string of the molecule is CC(C)(C)c1ccc(N2B3c4cc5c(cc4-n4c6cc7c(cc6c6c8c(c(c3c64)-c3cc4sc6ccccc6c4cc32)-c2ccccc2C8(C)C)C(C)(C)CCC7(C)C)C(C)(C)c2ccccc2-5)cc1. The molecule has 0 atom stereocenters. The second kappa shape index (κ2) is 12.9. The van der Waals surface area contributed by atoms with E-state index in [1.165, 1.54) is 155 Å². The Kier molecular flexibility index (Phi) is 7.66. The fourth-order valence-corrected chi connectivity index (χ4v) is 15.9. The normalized spacial score (nSPS) is 17.9. The van der Waals surface area contributed by atoms with Crippen LogP contribution in [-0.4, -0.2) is 11.4 Å². The Hall–Kier alpha value is -6.36. The minimum Gasteiger partial charge on any atom is -0.376 e. The molecule has 2 nitrogen and oxygen atoms in total. The van der Waals surface area contributed by atoms with Gasteiger partial charge in [-0.2, -0.15) is 0 Å². The zero-order valence-electron chi connectivity index (χ0n) is 42.5. The Balaban J connectivity index is 1.20. The molecule has 15 rings (SSSR count). The number of fused-ring (bicyclic) bond motifs is 20. The number of thiophene rings is 1. The lowest BCUT2D eigenvalue weighted by molar-refractivity contribution is 0.332. The quantitative estimate of drug-likeness (QED) is 0.149. The van der Waals surface area contributed by atoms with Gasteiger partial charge >= 0.3 is 6.85 Å². The van der Waals surface area contributed by atoms with Crippen molar-refractivity contribution < 1.29 is 0 Å². The van der Waals surface area contributed by atoms with Gasteiger partial charge in [0, 0.05) is 64.4 Å². The van der Waals surface area contributed by atoms with Gasteiger partial charge in [-0.3, -0.25) is 0 Å². The van der Waals surface area contributed by atoms with Crippen LogP contribution in [0.15, 0.2) is 133 Å². The van der Waals surface area contributed by atoms with E-state index in [0.717, 1.165) is 0 Å². The van der Waals surface area contributed by atoms with Gasteiger partial charge in [0.05, 0.1) is 11.0 Å². The molecule has 10 aromatic rings. The highest BCUT2D eigenvalue weighted by Gasteiger charge is 2.51. The van der Waals surface area contributed by atoms with Crippen molar-refractivity contribution in [3.05, 3.63) is 172 Å². The van der Waals surface area contributed by atoms with Crippen LogP contribution in [0, 0.1) is 0 Å². The lowest BCUT2D eigenvalue weighted by atomic mass is 9.43. The highest BCUT2D eigenvalue weighted by Crippen LogP contribution is 2.61. The number of aromatic nitrogens is 1. The topological polar surface area (TPSA) is 8.17 Å². The monoisotopic (exact) mass is 922 g/mol. The van der Waals surface area contributed by atoms with Gasteiger partial charge in [-0.15, -0.1) is 11.3 Å². The van der Waals surface area contributed by atoms with E-state index in [0.29, 0.717) is 0 Å². The molecule has 3 aliphatic carbocycles. The third-order valence-electron chi connectivity index (χ3n) is 18.5. The lowest BCUT2D eigenvalue weighted by Gasteiger charge is -2.43. The second-order valence-corrected chi connectivity index (χ2v) is 26.2. The fraction of sp³-hybridized carbons (Fsp3) is 0.273. The minimum absolute atomic E-state index is 0.0288. The molecule has 5 aliphatic rings. The summed E-state index contributed by atoms with van der Waals surface area (Å²) in [6.07, 6.45) is 2.36. The average molecular weight is 923 g/mol. The Morgan fingerprint density at radius 2 is 1.17 bits per heavy atom. The first-order valence-corrected chi connectivity index (χ1v) is 26.7. The van der Waals surface area contributed by atoms with Gasteiger partial charge in [-0.05, 0) is 155 Å². The van der Waals surface area contributed by atoms with Gasteiger partial charge in [0.1, 0.15) is 0 Å². The van der Waals surface area contributed by atoms with E-state index in [-0.39, 0.29) is 33.9 Å². The third kappa shape index (κ3) is 4.97. The molecule has 0 unspecified atom stereocenters. The van der Waals surface area contributed by atoms with E-state index < -0.39 is 0 Å². The molecule has 2 aliphatic heterocycles. The number of anilines is 2. The molecule has 4 heterocycles. The molecule has 0 bridgehead atoms. The summed E-state index contributed by atoms with van der Waals surface area (Å²) in [6, 6.07) is 53.2. The van der Waals surface area contributed by atoms with Crippen molar-refractivity contribution in [2.24, 2.45) is 0 Å². The number of rotatable bonds is 1. The molecule has 0 radical (unpaired) electrons. The van der Waals surface area contributed by atoms with E-state index in [4.69, 9.17) is 0 Å². The van der Waals surface area contributed by atoms with Crippen LogP contribution in [0.25, 0.3) is 81.0 Å². The smallest absolute Gasteiger partial charge is 0.333 e. The average Bonchev–Trinajstić information content (AvgIpc) is 4.01. The molecule has 4 heteroatoms. The van der Waals surface area contributed by atoms with Gasteiger partial charge in [-0.25, -0.2) is 0 Å². The van der Waals surface area contributed by atoms with Crippen LogP contribution in [0.5, 0.6) is 0 Å². The summed E-state index contributed by atoms with van der Waals surface area (Å²) >= 11 is 1.94. The molecule has 0 saturated carbocycles. The predicted octanol–water partition coefficient (Wildman–Crippen LogP) is 16.6. The van der Waals surface area contributed by atoms with Gasteiger partial charge in [0.25, 0.3) is 0 Å². The standard InChI is InChI=1S/C66H59BN2S/c1-62(2,3)36-24-26-37(27-25-36)69-52-32-42-39-19-14-17-23-54(39)70-55(42)33-44(52)57-56-40-20-13-16-22-46(40)66(10,11)59(56)58-43-30-48-49(64(6,7)29-28-63(48,4)5)35-51(43)68-53-34-47-41(31-50(53)67(69)60(57)61(58)68)38-18-12-15-21-45(38)65(47,8)9/h12-27,30-35H,28-29H2,1-11H3. The highest BCUT2D eigenvalue weighted by molar-refractivity contribution is 7.25. The molecule has 342 valence electrons. The fourth-order valence-electron chi connectivity index (χ4n) is 14.7. The van der Waals surface area contributed by atoms with E-state index >= 15 is 0 Å². The number of nitrogens with zero attached hydrogens (tertiary/aromatic N) is 2. The Bertz CT molecular complexity index is 4050. The van der Waals surface area contributed by atoms with Crippen molar-refractivity contribution in [1.29, 1.82) is 0 Å². The van der Waals surface area contributed by atoms with E-state index in [1.54, 1.807) is 0 Å². The van der Waals surface area contributed by atoms with Gasteiger partial charge in [0.15, 0.2) is 0 Å². The summed E-state index contributed by atoms with van der Waals surface area (Å²) < 4.78 is 5.49. The summed E-state index contributed by atoms with van der Waals surface area (Å²) in [7, 11) is 0. The molecule has 0 spiro atoms. The van der Waals surface area contributed by atoms with Gasteiger partial charge in [0.2, 0.25) is 0 Å². The van der Waals surface area contributed by atoms with Crippen molar-refractivity contribution in [3.63, 3.8) is 0 Å². The highest BCUT2D eigenvalue weighted by atomic mass is 32.1. The van der Waals surface area contributed by atoms with Crippen LogP contribution in [0.2, 0.25) is 0 Å². The summed E-state index contributed by atoms with van der Waals surface area (Å²) in [5.74, 6) is 0. The number of hydrogen-bond donors (Lipinski definition) is 0. The predicted molar refractivity (Wildman–Crippen MR) is 302 cm³/mol. The molecule has 0 fully saturated rings. The van der Waals surface area contributed by atoms with Crippen LogP contribution in [0.3, 0.4) is 0 Å². The first kappa shape index (κ1) is 41.4. The maximum absolute atomic E-state index is 2.80. The van der Waals surface area contributed by atoms with Crippen molar-refractivity contribution >= 4 is 82.5 Å². The zero-order chi connectivity index (χ0) is 47.9.